The van der Waals surface area contributed by atoms with E-state index in [9.17, 15) is 9.59 Å². The van der Waals surface area contributed by atoms with E-state index in [4.69, 9.17) is 11.6 Å². The smallest absolute Gasteiger partial charge is 0.232 e. The number of halogens is 1. The van der Waals surface area contributed by atoms with Crippen molar-refractivity contribution in [1.29, 1.82) is 0 Å². The third-order valence-electron chi connectivity index (χ3n) is 4.93. The van der Waals surface area contributed by atoms with Crippen LogP contribution in [-0.4, -0.2) is 24.9 Å². The molecule has 0 spiro atoms. The van der Waals surface area contributed by atoms with Gasteiger partial charge >= 0.3 is 0 Å². The van der Waals surface area contributed by atoms with E-state index >= 15 is 0 Å². The minimum atomic E-state index is -0.345. The average Bonchev–Trinajstić information content (AvgIpc) is 3.01. The van der Waals surface area contributed by atoms with Gasteiger partial charge in [0, 0.05) is 35.9 Å². The highest BCUT2D eigenvalue weighted by atomic mass is 35.5. The van der Waals surface area contributed by atoms with Crippen molar-refractivity contribution in [3.63, 3.8) is 0 Å². The van der Waals surface area contributed by atoms with Crippen LogP contribution in [0.25, 0.3) is 0 Å². The van der Waals surface area contributed by atoms with Gasteiger partial charge in [-0.25, -0.2) is 0 Å². The van der Waals surface area contributed by atoms with Crippen molar-refractivity contribution in [1.82, 2.24) is 0 Å². The van der Waals surface area contributed by atoms with Crippen molar-refractivity contribution in [2.75, 3.05) is 22.9 Å². The van der Waals surface area contributed by atoms with Gasteiger partial charge in [-0.1, -0.05) is 35.9 Å². The second kappa shape index (κ2) is 7.50. The lowest BCUT2D eigenvalue weighted by Crippen LogP contribution is -2.37. The highest BCUT2D eigenvalue weighted by Crippen LogP contribution is 2.31. The number of amides is 2. The number of para-hydroxylation sites is 1. The van der Waals surface area contributed by atoms with Crippen molar-refractivity contribution in [3.05, 3.63) is 58.6 Å². The molecule has 2 aromatic carbocycles. The van der Waals surface area contributed by atoms with Gasteiger partial charge in [0.25, 0.3) is 0 Å². The first-order valence-electron chi connectivity index (χ1n) is 8.86. The monoisotopic (exact) mass is 370 g/mol. The summed E-state index contributed by atoms with van der Waals surface area (Å²) in [4.78, 5) is 29.0. The van der Waals surface area contributed by atoms with Crippen LogP contribution in [0.1, 0.15) is 24.5 Å². The summed E-state index contributed by atoms with van der Waals surface area (Å²) < 4.78 is 0. The molecule has 1 fully saturated rings. The predicted molar refractivity (Wildman–Crippen MR) is 106 cm³/mol. The molecule has 0 N–H and O–H groups in total. The summed E-state index contributed by atoms with van der Waals surface area (Å²) in [5.74, 6) is -0.387. The molecule has 1 aliphatic rings. The summed E-state index contributed by atoms with van der Waals surface area (Å²) in [6, 6.07) is 13.4. The van der Waals surface area contributed by atoms with Gasteiger partial charge in [0.15, 0.2) is 0 Å². The Bertz CT molecular complexity index is 850. The third kappa shape index (κ3) is 3.47. The van der Waals surface area contributed by atoms with Gasteiger partial charge in [-0.3, -0.25) is 9.59 Å². The largest absolute Gasteiger partial charge is 0.312 e. The lowest BCUT2D eigenvalue weighted by molar-refractivity contribution is -0.124. The molecule has 1 atom stereocenters. The van der Waals surface area contributed by atoms with Crippen LogP contribution in [-0.2, 0) is 9.59 Å². The highest BCUT2D eigenvalue weighted by molar-refractivity contribution is 6.31. The lowest BCUT2D eigenvalue weighted by Gasteiger charge is -2.26. The number of carbonyl (C=O) groups is 2. The van der Waals surface area contributed by atoms with Gasteiger partial charge in [-0.15, -0.1) is 0 Å². The number of aryl methyl sites for hydroxylation is 2. The van der Waals surface area contributed by atoms with E-state index in [1.165, 1.54) is 0 Å². The van der Waals surface area contributed by atoms with Gasteiger partial charge in [0.1, 0.15) is 0 Å². The molecule has 0 saturated carbocycles. The maximum Gasteiger partial charge on any atom is 0.232 e. The van der Waals surface area contributed by atoms with E-state index in [-0.39, 0.29) is 24.2 Å². The van der Waals surface area contributed by atoms with Gasteiger partial charge in [-0.2, -0.15) is 0 Å². The van der Waals surface area contributed by atoms with Crippen LogP contribution < -0.4 is 9.80 Å². The predicted octanol–water partition coefficient (Wildman–Crippen LogP) is 4.36. The molecule has 3 rings (SSSR count). The summed E-state index contributed by atoms with van der Waals surface area (Å²) in [5.41, 5.74) is 3.67. The Morgan fingerprint density at radius 1 is 1.19 bits per heavy atom. The van der Waals surface area contributed by atoms with Gasteiger partial charge in [0.2, 0.25) is 11.8 Å². The SMILES string of the molecule is CCN(C(=O)[C@H]1CC(=O)N(c2ccc(C)c(Cl)c2)C1)c1ccccc1C. The topological polar surface area (TPSA) is 40.6 Å². The van der Waals surface area contributed by atoms with Crippen molar-refractivity contribution >= 4 is 34.8 Å². The number of hydrogen-bond donors (Lipinski definition) is 0. The molecular formula is C21H23ClN2O2. The molecule has 0 radical (unpaired) electrons. The van der Waals surface area contributed by atoms with E-state index in [0.29, 0.717) is 18.1 Å². The zero-order chi connectivity index (χ0) is 18.8. The molecule has 0 aromatic heterocycles. The molecule has 0 bridgehead atoms. The molecule has 136 valence electrons. The van der Waals surface area contributed by atoms with Crippen LogP contribution in [0.4, 0.5) is 11.4 Å². The number of hydrogen-bond acceptors (Lipinski definition) is 2. The average molecular weight is 371 g/mol. The first-order chi connectivity index (χ1) is 12.4. The van der Waals surface area contributed by atoms with E-state index in [0.717, 1.165) is 22.5 Å². The Labute approximate surface area is 159 Å². The molecule has 2 amide bonds. The van der Waals surface area contributed by atoms with Crippen molar-refractivity contribution in [3.8, 4) is 0 Å². The van der Waals surface area contributed by atoms with Crippen molar-refractivity contribution in [2.45, 2.75) is 27.2 Å². The summed E-state index contributed by atoms with van der Waals surface area (Å²) in [7, 11) is 0. The van der Waals surface area contributed by atoms with E-state index < -0.39 is 0 Å². The maximum absolute atomic E-state index is 13.1. The molecule has 0 aliphatic carbocycles. The number of nitrogens with zero attached hydrogens (tertiary/aromatic N) is 2. The summed E-state index contributed by atoms with van der Waals surface area (Å²) in [6.07, 6.45) is 0.229. The molecule has 1 aliphatic heterocycles. The second-order valence-electron chi connectivity index (χ2n) is 6.71. The zero-order valence-corrected chi connectivity index (χ0v) is 16.1. The molecule has 4 nitrogen and oxygen atoms in total. The Morgan fingerprint density at radius 3 is 2.58 bits per heavy atom. The van der Waals surface area contributed by atoms with Crippen LogP contribution in [0, 0.1) is 19.8 Å². The summed E-state index contributed by atoms with van der Waals surface area (Å²) >= 11 is 6.20. The molecule has 0 unspecified atom stereocenters. The Balaban J connectivity index is 1.82. The molecule has 2 aromatic rings. The molecular weight excluding hydrogens is 348 g/mol. The lowest BCUT2D eigenvalue weighted by atomic mass is 10.1. The van der Waals surface area contributed by atoms with E-state index in [1.54, 1.807) is 15.9 Å². The fourth-order valence-corrected chi connectivity index (χ4v) is 3.58. The van der Waals surface area contributed by atoms with Crippen LogP contribution in [0.15, 0.2) is 42.5 Å². The van der Waals surface area contributed by atoms with Crippen LogP contribution in [0.2, 0.25) is 5.02 Å². The second-order valence-corrected chi connectivity index (χ2v) is 7.12. The Hall–Kier alpha value is -2.33. The number of carbonyl (C=O) groups excluding carboxylic acids is 2. The normalized spacial score (nSPS) is 16.8. The number of anilines is 2. The standard InChI is InChI=1S/C21H23ClN2O2/c1-4-23(19-8-6-5-7-15(19)3)21(26)16-11-20(25)24(13-16)17-10-9-14(2)18(22)12-17/h5-10,12,16H,4,11,13H2,1-3H3/t16-/m0/s1. The number of benzene rings is 2. The highest BCUT2D eigenvalue weighted by Gasteiger charge is 2.37. The minimum Gasteiger partial charge on any atom is -0.312 e. The maximum atomic E-state index is 13.1. The minimum absolute atomic E-state index is 0.00383. The third-order valence-corrected chi connectivity index (χ3v) is 5.34. The number of rotatable bonds is 4. The van der Waals surface area contributed by atoms with Crippen molar-refractivity contribution in [2.24, 2.45) is 5.92 Å². The van der Waals surface area contributed by atoms with Crippen LogP contribution in [0.3, 0.4) is 0 Å². The van der Waals surface area contributed by atoms with Gasteiger partial charge in [0.05, 0.1) is 5.92 Å². The quantitative estimate of drug-likeness (QED) is 0.802. The molecule has 1 saturated heterocycles. The molecule has 5 heteroatoms. The van der Waals surface area contributed by atoms with E-state index in [2.05, 4.69) is 0 Å². The summed E-state index contributed by atoms with van der Waals surface area (Å²) in [5, 5.41) is 0.625. The molecule has 26 heavy (non-hydrogen) atoms. The Kier molecular flexibility index (Phi) is 5.33. The zero-order valence-electron chi connectivity index (χ0n) is 15.3. The summed E-state index contributed by atoms with van der Waals surface area (Å²) in [6.45, 7) is 6.83. The van der Waals surface area contributed by atoms with E-state index in [1.807, 2.05) is 57.2 Å². The van der Waals surface area contributed by atoms with Crippen LogP contribution >= 0.6 is 11.6 Å². The first kappa shape index (κ1) is 18.5. The Morgan fingerprint density at radius 2 is 1.92 bits per heavy atom. The molecule has 1 heterocycles. The van der Waals surface area contributed by atoms with Gasteiger partial charge < -0.3 is 9.80 Å². The fourth-order valence-electron chi connectivity index (χ4n) is 3.40. The first-order valence-corrected chi connectivity index (χ1v) is 9.23. The van der Waals surface area contributed by atoms with Gasteiger partial charge in [-0.05, 0) is 50.1 Å². The fraction of sp³-hybridized carbons (Fsp3) is 0.333. The van der Waals surface area contributed by atoms with Crippen molar-refractivity contribution < 1.29 is 9.59 Å². The van der Waals surface area contributed by atoms with Crippen LogP contribution in [0.5, 0.6) is 0 Å².